The molecule has 0 rings (SSSR count). The van der Waals surface area contributed by atoms with Gasteiger partial charge in [-0.15, -0.1) is 0 Å². The Morgan fingerprint density at radius 3 is 2.64 bits per heavy atom. The zero-order chi connectivity index (χ0) is 11.0. The first-order chi connectivity index (χ1) is 6.57. The average molecular weight is 220 g/mol. The third-order valence-electron chi connectivity index (χ3n) is 1.95. The Morgan fingerprint density at radius 1 is 1.50 bits per heavy atom. The lowest BCUT2D eigenvalue weighted by molar-refractivity contribution is -0.120. The molecule has 0 fully saturated rings. The van der Waals surface area contributed by atoms with E-state index in [0.29, 0.717) is 13.1 Å². The molecule has 2 unspecified atom stereocenters. The maximum atomic E-state index is 11.0. The normalized spacial score (nSPS) is 14.8. The zero-order valence-corrected chi connectivity index (χ0v) is 9.95. The number of carbonyl (C=O) groups excluding carboxylic acids is 1. The molecule has 0 spiro atoms. The van der Waals surface area contributed by atoms with E-state index in [1.165, 1.54) is 0 Å². The van der Waals surface area contributed by atoms with Crippen molar-refractivity contribution in [2.24, 2.45) is 0 Å². The summed E-state index contributed by atoms with van der Waals surface area (Å²) in [5.74, 6) is 0.0118. The van der Waals surface area contributed by atoms with Gasteiger partial charge in [0.1, 0.15) is 0 Å². The molecule has 0 aliphatic rings. The van der Waals surface area contributed by atoms with Gasteiger partial charge >= 0.3 is 0 Å². The molecule has 0 aromatic heterocycles. The third kappa shape index (κ3) is 7.03. The van der Waals surface area contributed by atoms with E-state index in [1.807, 2.05) is 13.8 Å². The standard InChI is InChI=1S/C9H20N2O2S/c1-4-11-9(12)7-10-6-5-8(2)14(3)13/h8,10H,4-7H2,1-3H3,(H,11,12). The summed E-state index contributed by atoms with van der Waals surface area (Å²) in [6.07, 6.45) is 2.54. The predicted octanol–water partition coefficient (Wildman–Crippen LogP) is -0.131. The topological polar surface area (TPSA) is 58.2 Å². The maximum Gasteiger partial charge on any atom is 0.233 e. The van der Waals surface area contributed by atoms with Crippen LogP contribution in [0.4, 0.5) is 0 Å². The summed E-state index contributed by atoms with van der Waals surface area (Å²) in [5.41, 5.74) is 0. The Morgan fingerprint density at radius 2 is 2.14 bits per heavy atom. The lowest BCUT2D eigenvalue weighted by atomic mass is 10.3. The van der Waals surface area contributed by atoms with Crippen LogP contribution in [0.15, 0.2) is 0 Å². The van der Waals surface area contributed by atoms with E-state index in [2.05, 4.69) is 10.6 Å². The predicted molar refractivity (Wildman–Crippen MR) is 59.7 cm³/mol. The number of hydrogen-bond donors (Lipinski definition) is 2. The van der Waals surface area contributed by atoms with Gasteiger partial charge in [-0.25, -0.2) is 0 Å². The number of hydrogen-bond acceptors (Lipinski definition) is 3. The van der Waals surface area contributed by atoms with Crippen LogP contribution in [0.3, 0.4) is 0 Å². The van der Waals surface area contributed by atoms with Gasteiger partial charge in [-0.2, -0.15) is 0 Å². The zero-order valence-electron chi connectivity index (χ0n) is 9.13. The first-order valence-corrected chi connectivity index (χ1v) is 6.49. The van der Waals surface area contributed by atoms with E-state index in [4.69, 9.17) is 0 Å². The SMILES string of the molecule is CCNC(=O)CNCCC(C)S(C)=O. The highest BCUT2D eigenvalue weighted by atomic mass is 32.2. The lowest BCUT2D eigenvalue weighted by Gasteiger charge is -2.08. The molecular formula is C9H20N2O2S. The highest BCUT2D eigenvalue weighted by Crippen LogP contribution is 1.96. The van der Waals surface area contributed by atoms with E-state index in [0.717, 1.165) is 13.0 Å². The highest BCUT2D eigenvalue weighted by molar-refractivity contribution is 7.84. The van der Waals surface area contributed by atoms with Crippen molar-refractivity contribution in [2.75, 3.05) is 25.9 Å². The van der Waals surface area contributed by atoms with Gasteiger partial charge < -0.3 is 10.6 Å². The number of carbonyl (C=O) groups is 1. The summed E-state index contributed by atoms with van der Waals surface area (Å²) < 4.78 is 11.0. The molecular weight excluding hydrogens is 200 g/mol. The smallest absolute Gasteiger partial charge is 0.233 e. The van der Waals surface area contributed by atoms with Gasteiger partial charge in [-0.05, 0) is 19.9 Å². The summed E-state index contributed by atoms with van der Waals surface area (Å²) in [4.78, 5) is 11.0. The first-order valence-electron chi connectivity index (χ1n) is 4.87. The Kier molecular flexibility index (Phi) is 7.70. The maximum absolute atomic E-state index is 11.0. The van der Waals surface area contributed by atoms with Crippen molar-refractivity contribution in [2.45, 2.75) is 25.5 Å². The third-order valence-corrected chi connectivity index (χ3v) is 3.32. The Bertz CT molecular complexity index is 197. The molecule has 2 N–H and O–H groups in total. The molecule has 0 aromatic rings. The van der Waals surface area contributed by atoms with E-state index in [1.54, 1.807) is 6.26 Å². The van der Waals surface area contributed by atoms with E-state index >= 15 is 0 Å². The first kappa shape index (κ1) is 13.6. The van der Waals surface area contributed by atoms with Gasteiger partial charge in [0.05, 0.1) is 6.54 Å². The Hall–Kier alpha value is -0.420. The molecule has 0 bridgehead atoms. The fraction of sp³-hybridized carbons (Fsp3) is 0.889. The van der Waals surface area contributed by atoms with Crippen LogP contribution < -0.4 is 10.6 Å². The number of amides is 1. The van der Waals surface area contributed by atoms with Gasteiger partial charge in [-0.1, -0.05) is 6.92 Å². The molecule has 84 valence electrons. The van der Waals surface area contributed by atoms with Crippen LogP contribution >= 0.6 is 0 Å². The molecule has 14 heavy (non-hydrogen) atoms. The van der Waals surface area contributed by atoms with Crippen LogP contribution in [0.25, 0.3) is 0 Å². The van der Waals surface area contributed by atoms with Crippen molar-refractivity contribution in [3.63, 3.8) is 0 Å². The summed E-state index contributed by atoms with van der Waals surface area (Å²) in [5, 5.41) is 5.90. The monoisotopic (exact) mass is 220 g/mol. The molecule has 1 amide bonds. The van der Waals surface area contributed by atoms with E-state index in [9.17, 15) is 9.00 Å². The van der Waals surface area contributed by atoms with Crippen LogP contribution in [-0.4, -0.2) is 41.3 Å². The second-order valence-corrected chi connectivity index (χ2v) is 5.03. The number of rotatable bonds is 7. The van der Waals surface area contributed by atoms with Crippen LogP contribution in [0.1, 0.15) is 20.3 Å². The molecule has 0 aliphatic heterocycles. The molecule has 0 radical (unpaired) electrons. The van der Waals surface area contributed by atoms with Crippen LogP contribution in [0.2, 0.25) is 0 Å². The number of likely N-dealkylation sites (N-methyl/N-ethyl adjacent to an activating group) is 1. The Balaban J connectivity index is 3.37. The second-order valence-electron chi connectivity index (χ2n) is 3.23. The molecule has 5 heteroatoms. The lowest BCUT2D eigenvalue weighted by Crippen LogP contribution is -2.34. The minimum Gasteiger partial charge on any atom is -0.355 e. The van der Waals surface area contributed by atoms with Crippen molar-refractivity contribution in [1.29, 1.82) is 0 Å². The molecule has 0 saturated carbocycles. The van der Waals surface area contributed by atoms with Crippen molar-refractivity contribution in [1.82, 2.24) is 10.6 Å². The van der Waals surface area contributed by atoms with Gasteiger partial charge in [0, 0.05) is 28.9 Å². The van der Waals surface area contributed by atoms with Crippen molar-refractivity contribution >= 4 is 16.7 Å². The summed E-state index contributed by atoms with van der Waals surface area (Å²) in [7, 11) is -0.768. The summed E-state index contributed by atoms with van der Waals surface area (Å²) in [6.45, 7) is 5.58. The Labute approximate surface area is 88.3 Å². The van der Waals surface area contributed by atoms with Crippen molar-refractivity contribution in [3.8, 4) is 0 Å². The molecule has 0 aromatic carbocycles. The van der Waals surface area contributed by atoms with Crippen LogP contribution in [0, 0.1) is 0 Å². The van der Waals surface area contributed by atoms with Gasteiger partial charge in [0.15, 0.2) is 0 Å². The average Bonchev–Trinajstić information content (AvgIpc) is 2.12. The quantitative estimate of drug-likeness (QED) is 0.588. The fourth-order valence-corrected chi connectivity index (χ4v) is 1.38. The van der Waals surface area contributed by atoms with E-state index in [-0.39, 0.29) is 11.2 Å². The number of nitrogens with one attached hydrogen (secondary N) is 2. The molecule has 0 heterocycles. The minimum absolute atomic E-state index is 0.0118. The minimum atomic E-state index is -0.768. The molecule has 4 nitrogen and oxygen atoms in total. The molecule has 2 atom stereocenters. The molecule has 0 aliphatic carbocycles. The van der Waals surface area contributed by atoms with Crippen molar-refractivity contribution in [3.05, 3.63) is 0 Å². The van der Waals surface area contributed by atoms with Gasteiger partial charge in [0.2, 0.25) is 5.91 Å². The summed E-state index contributed by atoms with van der Waals surface area (Å²) in [6, 6.07) is 0. The van der Waals surface area contributed by atoms with Crippen LogP contribution in [0.5, 0.6) is 0 Å². The van der Waals surface area contributed by atoms with Gasteiger partial charge in [0.25, 0.3) is 0 Å². The van der Waals surface area contributed by atoms with Crippen molar-refractivity contribution < 1.29 is 9.00 Å². The summed E-state index contributed by atoms with van der Waals surface area (Å²) >= 11 is 0. The molecule has 0 saturated heterocycles. The highest BCUT2D eigenvalue weighted by Gasteiger charge is 2.05. The second kappa shape index (κ2) is 7.94. The van der Waals surface area contributed by atoms with E-state index < -0.39 is 10.8 Å². The largest absolute Gasteiger partial charge is 0.355 e. The van der Waals surface area contributed by atoms with Gasteiger partial charge in [-0.3, -0.25) is 9.00 Å². The van der Waals surface area contributed by atoms with Crippen LogP contribution in [-0.2, 0) is 15.6 Å². The fourth-order valence-electron chi connectivity index (χ4n) is 0.933.